The molecule has 0 saturated carbocycles. The van der Waals surface area contributed by atoms with Gasteiger partial charge in [0.05, 0.1) is 6.54 Å². The second-order valence-electron chi connectivity index (χ2n) is 6.07. The van der Waals surface area contributed by atoms with Crippen LogP contribution in [0, 0.1) is 0 Å². The Bertz CT molecular complexity index is 648. The van der Waals surface area contributed by atoms with Crippen molar-refractivity contribution in [1.82, 2.24) is 20.0 Å². The summed E-state index contributed by atoms with van der Waals surface area (Å²) in [5.41, 5.74) is 1.07. The number of amides is 2. The van der Waals surface area contributed by atoms with E-state index in [2.05, 4.69) is 15.3 Å². The van der Waals surface area contributed by atoms with Crippen molar-refractivity contribution in [2.45, 2.75) is 19.5 Å². The van der Waals surface area contributed by atoms with E-state index < -0.39 is 0 Å². The Balaban J connectivity index is 1.47. The zero-order valence-electron chi connectivity index (χ0n) is 13.8. The zero-order valence-corrected chi connectivity index (χ0v) is 13.8. The van der Waals surface area contributed by atoms with Crippen LogP contribution in [0.25, 0.3) is 0 Å². The number of benzene rings is 1. The maximum atomic E-state index is 12.4. The van der Waals surface area contributed by atoms with Crippen molar-refractivity contribution in [2.75, 3.05) is 31.1 Å². The third kappa shape index (κ3) is 3.98. The molecule has 1 aromatic heterocycles. The van der Waals surface area contributed by atoms with Gasteiger partial charge in [0.15, 0.2) is 0 Å². The summed E-state index contributed by atoms with van der Waals surface area (Å²) in [7, 11) is 0. The highest BCUT2D eigenvalue weighted by molar-refractivity contribution is 5.74. The van der Waals surface area contributed by atoms with E-state index in [0.29, 0.717) is 19.6 Å². The molecule has 7 nitrogen and oxygen atoms in total. The molecule has 1 fully saturated rings. The minimum atomic E-state index is -0.0278. The van der Waals surface area contributed by atoms with Crippen LogP contribution in [-0.4, -0.2) is 58.0 Å². The molecule has 1 aliphatic rings. The van der Waals surface area contributed by atoms with Crippen molar-refractivity contribution >= 4 is 11.7 Å². The fourth-order valence-electron chi connectivity index (χ4n) is 2.87. The highest BCUT2D eigenvalue weighted by Gasteiger charge is 2.22. The second kappa shape index (κ2) is 7.25. The molecule has 1 aromatic carbocycles. The minimum absolute atomic E-state index is 0.0209. The summed E-state index contributed by atoms with van der Waals surface area (Å²) < 4.78 is 1.81. The lowest BCUT2D eigenvalue weighted by atomic mass is 10.2. The number of hydrogen-bond acceptors (Lipinski definition) is 4. The number of carbonyl (C=O) groups is 1. The number of phenolic OH excluding ortho intramolecular Hbond substituents is 1. The van der Waals surface area contributed by atoms with E-state index in [-0.39, 0.29) is 17.8 Å². The van der Waals surface area contributed by atoms with E-state index in [9.17, 15) is 9.90 Å². The first-order valence-electron chi connectivity index (χ1n) is 8.18. The molecule has 0 aliphatic carbocycles. The summed E-state index contributed by atoms with van der Waals surface area (Å²) >= 11 is 0. The molecule has 2 amide bonds. The van der Waals surface area contributed by atoms with Gasteiger partial charge in [-0.05, 0) is 37.3 Å². The standard InChI is InChI=1S/C17H23N5O2/c1-14(13-22-8-2-7-18-22)19-17(24)21-11-9-20(10-12-21)15-3-5-16(23)6-4-15/h2-8,14,23H,9-13H2,1H3,(H,19,24)/t14-/m0/s1. The van der Waals surface area contributed by atoms with Crippen LogP contribution in [-0.2, 0) is 6.54 Å². The number of aromatic hydroxyl groups is 1. The smallest absolute Gasteiger partial charge is 0.317 e. The van der Waals surface area contributed by atoms with Gasteiger partial charge in [-0.2, -0.15) is 5.10 Å². The molecule has 1 saturated heterocycles. The molecule has 0 unspecified atom stereocenters. The molecule has 2 N–H and O–H groups in total. The summed E-state index contributed by atoms with van der Waals surface area (Å²) in [5.74, 6) is 0.267. The topological polar surface area (TPSA) is 73.6 Å². The predicted octanol–water partition coefficient (Wildman–Crippen LogP) is 1.51. The fourth-order valence-corrected chi connectivity index (χ4v) is 2.87. The molecule has 2 aromatic rings. The summed E-state index contributed by atoms with van der Waals surface area (Å²) in [4.78, 5) is 16.4. The lowest BCUT2D eigenvalue weighted by Gasteiger charge is -2.36. The fraction of sp³-hybridized carbons (Fsp3) is 0.412. The van der Waals surface area contributed by atoms with E-state index in [1.165, 1.54) is 0 Å². The van der Waals surface area contributed by atoms with Crippen molar-refractivity contribution in [3.8, 4) is 5.75 Å². The second-order valence-corrected chi connectivity index (χ2v) is 6.07. The van der Waals surface area contributed by atoms with E-state index in [1.54, 1.807) is 18.3 Å². The number of anilines is 1. The van der Waals surface area contributed by atoms with Crippen molar-refractivity contribution < 1.29 is 9.90 Å². The SMILES string of the molecule is C[C@@H](Cn1cccn1)NC(=O)N1CCN(c2ccc(O)cc2)CC1. The van der Waals surface area contributed by atoms with E-state index in [0.717, 1.165) is 18.8 Å². The number of nitrogens with one attached hydrogen (secondary N) is 1. The third-order valence-corrected chi connectivity index (χ3v) is 4.17. The van der Waals surface area contributed by atoms with Crippen molar-refractivity contribution in [1.29, 1.82) is 0 Å². The third-order valence-electron chi connectivity index (χ3n) is 4.17. The van der Waals surface area contributed by atoms with Crippen LogP contribution in [0.3, 0.4) is 0 Å². The Labute approximate surface area is 141 Å². The number of nitrogens with zero attached hydrogens (tertiary/aromatic N) is 4. The van der Waals surface area contributed by atoms with Gasteiger partial charge in [0.25, 0.3) is 0 Å². The molecule has 2 heterocycles. The first-order valence-corrected chi connectivity index (χ1v) is 8.18. The molecular formula is C17H23N5O2. The lowest BCUT2D eigenvalue weighted by molar-refractivity contribution is 0.189. The summed E-state index contributed by atoms with van der Waals surface area (Å²) in [5, 5.41) is 16.5. The maximum Gasteiger partial charge on any atom is 0.317 e. The molecule has 3 rings (SSSR count). The van der Waals surface area contributed by atoms with Gasteiger partial charge in [-0.3, -0.25) is 4.68 Å². The Kier molecular flexibility index (Phi) is 4.88. The number of phenols is 1. The van der Waals surface area contributed by atoms with Crippen LogP contribution in [0.4, 0.5) is 10.5 Å². The van der Waals surface area contributed by atoms with E-state index >= 15 is 0 Å². The molecule has 24 heavy (non-hydrogen) atoms. The molecular weight excluding hydrogens is 306 g/mol. The number of urea groups is 1. The van der Waals surface area contributed by atoms with Gasteiger partial charge >= 0.3 is 6.03 Å². The summed E-state index contributed by atoms with van der Waals surface area (Å²) in [6.07, 6.45) is 3.62. The van der Waals surface area contributed by atoms with Gasteiger partial charge in [0.1, 0.15) is 5.75 Å². The molecule has 0 radical (unpaired) electrons. The van der Waals surface area contributed by atoms with Gasteiger partial charge in [0.2, 0.25) is 0 Å². The van der Waals surface area contributed by atoms with Gasteiger partial charge in [0, 0.05) is 50.3 Å². The predicted molar refractivity (Wildman–Crippen MR) is 92.1 cm³/mol. The quantitative estimate of drug-likeness (QED) is 0.892. The first kappa shape index (κ1) is 16.2. The lowest BCUT2D eigenvalue weighted by Crippen LogP contribution is -2.53. The Morgan fingerprint density at radius 1 is 1.25 bits per heavy atom. The van der Waals surface area contributed by atoms with Crippen molar-refractivity contribution in [2.24, 2.45) is 0 Å². The number of piperazine rings is 1. The molecule has 0 bridgehead atoms. The summed E-state index contributed by atoms with van der Waals surface area (Å²) in [6.45, 7) is 5.57. The molecule has 1 aliphatic heterocycles. The van der Waals surface area contributed by atoms with Crippen LogP contribution >= 0.6 is 0 Å². The normalized spacial score (nSPS) is 16.0. The van der Waals surface area contributed by atoms with Gasteiger partial charge in [-0.25, -0.2) is 4.79 Å². The first-order chi connectivity index (χ1) is 11.6. The van der Waals surface area contributed by atoms with E-state index in [4.69, 9.17) is 0 Å². The molecule has 0 spiro atoms. The molecule has 7 heteroatoms. The molecule has 1 atom stereocenters. The molecule has 128 valence electrons. The van der Waals surface area contributed by atoms with Gasteiger partial charge in [-0.15, -0.1) is 0 Å². The van der Waals surface area contributed by atoms with E-state index in [1.807, 2.05) is 40.9 Å². The average molecular weight is 329 g/mol. The largest absolute Gasteiger partial charge is 0.508 e. The summed E-state index contributed by atoms with van der Waals surface area (Å²) in [6, 6.07) is 9.04. The van der Waals surface area contributed by atoms with Crippen LogP contribution in [0.1, 0.15) is 6.92 Å². The van der Waals surface area contributed by atoms with Crippen LogP contribution in [0.5, 0.6) is 5.75 Å². The van der Waals surface area contributed by atoms with Gasteiger partial charge < -0.3 is 20.2 Å². The Morgan fingerprint density at radius 2 is 1.96 bits per heavy atom. The minimum Gasteiger partial charge on any atom is -0.508 e. The van der Waals surface area contributed by atoms with Crippen LogP contribution in [0.2, 0.25) is 0 Å². The highest BCUT2D eigenvalue weighted by Crippen LogP contribution is 2.19. The number of aromatic nitrogens is 2. The number of rotatable bonds is 4. The van der Waals surface area contributed by atoms with Crippen molar-refractivity contribution in [3.63, 3.8) is 0 Å². The van der Waals surface area contributed by atoms with Crippen LogP contribution in [0.15, 0.2) is 42.7 Å². The number of carbonyl (C=O) groups excluding carboxylic acids is 1. The van der Waals surface area contributed by atoms with Crippen LogP contribution < -0.4 is 10.2 Å². The van der Waals surface area contributed by atoms with Gasteiger partial charge in [-0.1, -0.05) is 0 Å². The van der Waals surface area contributed by atoms with Crippen molar-refractivity contribution in [3.05, 3.63) is 42.7 Å². The monoisotopic (exact) mass is 329 g/mol. The highest BCUT2D eigenvalue weighted by atomic mass is 16.3. The Hall–Kier alpha value is -2.70. The average Bonchev–Trinajstić information content (AvgIpc) is 3.08. The Morgan fingerprint density at radius 3 is 2.58 bits per heavy atom. The zero-order chi connectivity index (χ0) is 16.9. The maximum absolute atomic E-state index is 12.4. The number of hydrogen-bond donors (Lipinski definition) is 2.